The number of aliphatic imine (C=N–C) groups is 1. The third-order valence-corrected chi connectivity index (χ3v) is 5.08. The molecular formula is C20H35IN4. The predicted octanol–water partition coefficient (Wildman–Crippen LogP) is 4.00. The van der Waals surface area contributed by atoms with Crippen LogP contribution in [-0.4, -0.2) is 38.0 Å². The van der Waals surface area contributed by atoms with Crippen molar-refractivity contribution < 1.29 is 0 Å². The van der Waals surface area contributed by atoms with Gasteiger partial charge in [0, 0.05) is 19.6 Å². The third-order valence-electron chi connectivity index (χ3n) is 5.08. The van der Waals surface area contributed by atoms with Crippen LogP contribution >= 0.6 is 24.0 Å². The zero-order valence-electron chi connectivity index (χ0n) is 16.3. The van der Waals surface area contributed by atoms with E-state index in [9.17, 15) is 0 Å². The minimum atomic E-state index is 0. The highest BCUT2D eigenvalue weighted by Gasteiger charge is 2.34. The van der Waals surface area contributed by atoms with Gasteiger partial charge in [-0.2, -0.15) is 0 Å². The van der Waals surface area contributed by atoms with Crippen molar-refractivity contribution in [2.75, 3.05) is 27.2 Å². The Hall–Kier alpha value is -0.820. The van der Waals surface area contributed by atoms with E-state index in [4.69, 9.17) is 4.99 Å². The molecule has 1 fully saturated rings. The van der Waals surface area contributed by atoms with Gasteiger partial charge in [0.1, 0.15) is 0 Å². The Balaban J connectivity index is 0.00000312. The van der Waals surface area contributed by atoms with E-state index in [1.54, 1.807) is 0 Å². The Morgan fingerprint density at radius 2 is 1.72 bits per heavy atom. The van der Waals surface area contributed by atoms with Gasteiger partial charge in [-0.25, -0.2) is 4.99 Å². The van der Waals surface area contributed by atoms with E-state index in [1.165, 1.54) is 36.8 Å². The first-order valence-corrected chi connectivity index (χ1v) is 9.31. The molecule has 2 N–H and O–H groups in total. The minimum Gasteiger partial charge on any atom is -0.357 e. The molecule has 0 radical (unpaired) electrons. The summed E-state index contributed by atoms with van der Waals surface area (Å²) < 4.78 is 0. The molecule has 0 unspecified atom stereocenters. The van der Waals surface area contributed by atoms with Gasteiger partial charge in [0.15, 0.2) is 5.96 Å². The number of rotatable bonds is 8. The van der Waals surface area contributed by atoms with Crippen LogP contribution in [0.3, 0.4) is 0 Å². The van der Waals surface area contributed by atoms with Crippen molar-refractivity contribution >= 4 is 29.9 Å². The van der Waals surface area contributed by atoms with E-state index in [-0.39, 0.29) is 24.0 Å². The van der Waals surface area contributed by atoms with E-state index in [0.29, 0.717) is 5.41 Å². The second kappa shape index (κ2) is 11.0. The average molecular weight is 458 g/mol. The summed E-state index contributed by atoms with van der Waals surface area (Å²) in [5.74, 6) is 0.939. The first-order chi connectivity index (χ1) is 11.6. The monoisotopic (exact) mass is 458 g/mol. The van der Waals surface area contributed by atoms with Gasteiger partial charge in [-0.05, 0) is 56.8 Å². The molecule has 0 amide bonds. The van der Waals surface area contributed by atoms with Gasteiger partial charge in [-0.3, -0.25) is 0 Å². The van der Waals surface area contributed by atoms with Crippen molar-refractivity contribution in [3.05, 3.63) is 35.4 Å². The van der Waals surface area contributed by atoms with Crippen LogP contribution < -0.4 is 10.6 Å². The van der Waals surface area contributed by atoms with E-state index in [0.717, 1.165) is 32.1 Å². The van der Waals surface area contributed by atoms with E-state index in [1.807, 2.05) is 0 Å². The third kappa shape index (κ3) is 7.13. The molecule has 1 aromatic carbocycles. The Bertz CT molecular complexity index is 515. The van der Waals surface area contributed by atoms with Crippen LogP contribution in [0.2, 0.25) is 0 Å². The molecule has 4 nitrogen and oxygen atoms in total. The Morgan fingerprint density at radius 3 is 2.20 bits per heavy atom. The summed E-state index contributed by atoms with van der Waals surface area (Å²) in [5.41, 5.74) is 3.10. The SMILES string of the molecule is CCNC(=NCc1ccc(CN(C)C)cc1)NCC1(CC)CCC1.I. The molecule has 0 atom stereocenters. The number of guanidine groups is 1. The van der Waals surface area contributed by atoms with Crippen molar-refractivity contribution in [3.63, 3.8) is 0 Å². The highest BCUT2D eigenvalue weighted by molar-refractivity contribution is 14.0. The fraction of sp³-hybridized carbons (Fsp3) is 0.650. The van der Waals surface area contributed by atoms with Crippen molar-refractivity contribution in [1.82, 2.24) is 15.5 Å². The molecule has 0 bridgehead atoms. The topological polar surface area (TPSA) is 39.7 Å². The molecule has 1 saturated carbocycles. The highest BCUT2D eigenvalue weighted by atomic mass is 127. The maximum atomic E-state index is 4.75. The summed E-state index contributed by atoms with van der Waals surface area (Å²) in [6, 6.07) is 8.77. The van der Waals surface area contributed by atoms with Crippen molar-refractivity contribution in [2.24, 2.45) is 10.4 Å². The summed E-state index contributed by atoms with van der Waals surface area (Å²) in [7, 11) is 4.19. The Kier molecular flexibility index (Phi) is 9.79. The molecule has 1 aliphatic rings. The molecule has 142 valence electrons. The van der Waals surface area contributed by atoms with E-state index < -0.39 is 0 Å². The van der Waals surface area contributed by atoms with Crippen molar-refractivity contribution in [2.45, 2.75) is 52.6 Å². The number of hydrogen-bond donors (Lipinski definition) is 2. The lowest BCUT2D eigenvalue weighted by atomic mass is 9.67. The van der Waals surface area contributed by atoms with Crippen LogP contribution in [0.15, 0.2) is 29.3 Å². The van der Waals surface area contributed by atoms with Crippen molar-refractivity contribution in [3.8, 4) is 0 Å². The molecule has 0 heterocycles. The zero-order chi connectivity index (χ0) is 17.4. The number of benzene rings is 1. The minimum absolute atomic E-state index is 0. The van der Waals surface area contributed by atoms with Gasteiger partial charge in [-0.1, -0.05) is 37.6 Å². The molecule has 2 rings (SSSR count). The molecular weight excluding hydrogens is 423 g/mol. The summed E-state index contributed by atoms with van der Waals surface area (Å²) in [6.07, 6.45) is 5.34. The van der Waals surface area contributed by atoms with Crippen molar-refractivity contribution in [1.29, 1.82) is 0 Å². The van der Waals surface area contributed by atoms with E-state index >= 15 is 0 Å². The van der Waals surface area contributed by atoms with Crippen LogP contribution in [-0.2, 0) is 13.1 Å². The first-order valence-electron chi connectivity index (χ1n) is 9.31. The smallest absolute Gasteiger partial charge is 0.191 e. The summed E-state index contributed by atoms with van der Waals surface area (Å²) in [4.78, 5) is 6.94. The number of nitrogens with zero attached hydrogens (tertiary/aromatic N) is 2. The van der Waals surface area contributed by atoms with Crippen LogP contribution in [0.4, 0.5) is 0 Å². The largest absolute Gasteiger partial charge is 0.357 e. The summed E-state index contributed by atoms with van der Waals surface area (Å²) in [5, 5.41) is 6.92. The molecule has 25 heavy (non-hydrogen) atoms. The Morgan fingerprint density at radius 1 is 1.08 bits per heavy atom. The predicted molar refractivity (Wildman–Crippen MR) is 119 cm³/mol. The van der Waals surface area contributed by atoms with E-state index in [2.05, 4.69) is 67.7 Å². The maximum Gasteiger partial charge on any atom is 0.191 e. The molecule has 1 aromatic rings. The molecule has 5 heteroatoms. The van der Waals surface area contributed by atoms with Gasteiger partial charge in [-0.15, -0.1) is 24.0 Å². The highest BCUT2D eigenvalue weighted by Crippen LogP contribution is 2.42. The normalized spacial score (nSPS) is 16.1. The number of halogens is 1. The van der Waals surface area contributed by atoms with Gasteiger partial charge >= 0.3 is 0 Å². The van der Waals surface area contributed by atoms with Gasteiger partial charge in [0.25, 0.3) is 0 Å². The fourth-order valence-corrected chi connectivity index (χ4v) is 3.23. The lowest BCUT2D eigenvalue weighted by Crippen LogP contribution is -2.46. The molecule has 0 aliphatic heterocycles. The molecule has 0 aromatic heterocycles. The second-order valence-electron chi connectivity index (χ2n) is 7.31. The first kappa shape index (κ1) is 22.2. The zero-order valence-corrected chi connectivity index (χ0v) is 18.6. The quantitative estimate of drug-likeness (QED) is 0.352. The fourth-order valence-electron chi connectivity index (χ4n) is 3.23. The van der Waals surface area contributed by atoms with Crippen LogP contribution in [0.5, 0.6) is 0 Å². The molecule has 1 aliphatic carbocycles. The number of nitrogens with one attached hydrogen (secondary N) is 2. The molecule has 0 saturated heterocycles. The summed E-state index contributed by atoms with van der Waals surface area (Å²) in [6.45, 7) is 8.06. The van der Waals surface area contributed by atoms with Crippen LogP contribution in [0.25, 0.3) is 0 Å². The van der Waals surface area contributed by atoms with Crippen LogP contribution in [0, 0.1) is 5.41 Å². The van der Waals surface area contributed by atoms with Gasteiger partial charge < -0.3 is 15.5 Å². The lowest BCUT2D eigenvalue weighted by molar-refractivity contribution is 0.131. The standard InChI is InChI=1S/C20H34N4.HI/c1-5-20(12-7-13-20)16-23-19(21-6-2)22-14-17-8-10-18(11-9-17)15-24(3)4;/h8-11H,5-7,12-16H2,1-4H3,(H2,21,22,23);1H. The number of hydrogen-bond acceptors (Lipinski definition) is 2. The second-order valence-corrected chi connectivity index (χ2v) is 7.31. The Labute approximate surface area is 170 Å². The maximum absolute atomic E-state index is 4.75. The van der Waals surface area contributed by atoms with Crippen LogP contribution in [0.1, 0.15) is 50.7 Å². The average Bonchev–Trinajstić information content (AvgIpc) is 2.52. The van der Waals surface area contributed by atoms with Gasteiger partial charge in [0.05, 0.1) is 6.54 Å². The molecule has 0 spiro atoms. The van der Waals surface area contributed by atoms with Gasteiger partial charge in [0.2, 0.25) is 0 Å². The lowest BCUT2D eigenvalue weighted by Gasteiger charge is -2.41. The summed E-state index contributed by atoms with van der Waals surface area (Å²) >= 11 is 0.